The molecule has 148 valence electrons. The first-order valence-corrected chi connectivity index (χ1v) is 9.57. The maximum Gasteiger partial charge on any atom is 0.258 e. The molecular formula is C22H22N4O3. The van der Waals surface area contributed by atoms with Crippen molar-refractivity contribution in [2.75, 3.05) is 13.1 Å². The maximum absolute atomic E-state index is 12.4. The molecule has 7 heteroatoms. The third kappa shape index (κ3) is 4.03. The Morgan fingerprint density at radius 2 is 2.03 bits per heavy atom. The van der Waals surface area contributed by atoms with Crippen LogP contribution in [0.3, 0.4) is 0 Å². The Hall–Kier alpha value is -3.48. The first-order chi connectivity index (χ1) is 14.0. The van der Waals surface area contributed by atoms with Crippen LogP contribution in [0.15, 0.2) is 53.1 Å². The maximum atomic E-state index is 12.4. The summed E-state index contributed by atoms with van der Waals surface area (Å²) in [5.74, 6) is 0.330. The molecule has 0 bridgehead atoms. The monoisotopic (exact) mass is 390 g/mol. The highest BCUT2D eigenvalue weighted by Gasteiger charge is 2.33. The molecule has 0 aliphatic carbocycles. The van der Waals surface area contributed by atoms with Gasteiger partial charge >= 0.3 is 0 Å². The average molecular weight is 390 g/mol. The SMILES string of the molecule is Cc1ccc(C(N)=O)cc1-c1nc(C2CC(=O)N(CCc3ccccc3)C2)no1. The molecule has 1 saturated heterocycles. The highest BCUT2D eigenvalue weighted by atomic mass is 16.5. The van der Waals surface area contributed by atoms with Crippen LogP contribution in [0, 0.1) is 6.92 Å². The highest BCUT2D eigenvalue weighted by molar-refractivity contribution is 5.94. The van der Waals surface area contributed by atoms with Crippen LogP contribution in [-0.2, 0) is 11.2 Å². The summed E-state index contributed by atoms with van der Waals surface area (Å²) in [5, 5.41) is 4.10. The molecule has 1 fully saturated rings. The van der Waals surface area contributed by atoms with Gasteiger partial charge in [-0.1, -0.05) is 41.6 Å². The molecular weight excluding hydrogens is 368 g/mol. The summed E-state index contributed by atoms with van der Waals surface area (Å²) in [6.45, 7) is 3.14. The Labute approximate surface area is 168 Å². The van der Waals surface area contributed by atoms with Crippen molar-refractivity contribution in [3.8, 4) is 11.5 Å². The third-order valence-corrected chi connectivity index (χ3v) is 5.29. The van der Waals surface area contributed by atoms with E-state index in [0.717, 1.165) is 12.0 Å². The second-order valence-corrected chi connectivity index (χ2v) is 7.33. The van der Waals surface area contributed by atoms with Crippen molar-refractivity contribution in [1.29, 1.82) is 0 Å². The van der Waals surface area contributed by atoms with E-state index in [-0.39, 0.29) is 11.8 Å². The molecule has 0 saturated carbocycles. The van der Waals surface area contributed by atoms with Gasteiger partial charge in [-0.2, -0.15) is 4.98 Å². The van der Waals surface area contributed by atoms with Crippen LogP contribution in [0.5, 0.6) is 0 Å². The van der Waals surface area contributed by atoms with Crippen molar-refractivity contribution < 1.29 is 14.1 Å². The number of likely N-dealkylation sites (tertiary alicyclic amines) is 1. The zero-order valence-corrected chi connectivity index (χ0v) is 16.2. The summed E-state index contributed by atoms with van der Waals surface area (Å²) >= 11 is 0. The normalized spacial score (nSPS) is 16.4. The second-order valence-electron chi connectivity index (χ2n) is 7.33. The van der Waals surface area contributed by atoms with Crippen LogP contribution in [0.1, 0.15) is 39.6 Å². The fourth-order valence-electron chi connectivity index (χ4n) is 3.59. The lowest BCUT2D eigenvalue weighted by Gasteiger charge is -2.15. The molecule has 1 aliphatic heterocycles. The summed E-state index contributed by atoms with van der Waals surface area (Å²) in [4.78, 5) is 30.2. The number of carbonyl (C=O) groups is 2. The molecule has 4 rings (SSSR count). The fraction of sp³-hybridized carbons (Fsp3) is 0.273. The van der Waals surface area contributed by atoms with Crippen molar-refractivity contribution in [3.63, 3.8) is 0 Å². The first-order valence-electron chi connectivity index (χ1n) is 9.57. The minimum absolute atomic E-state index is 0.101. The van der Waals surface area contributed by atoms with E-state index in [0.29, 0.717) is 42.4 Å². The van der Waals surface area contributed by atoms with Gasteiger partial charge in [0, 0.05) is 36.6 Å². The molecule has 2 N–H and O–H groups in total. The van der Waals surface area contributed by atoms with Crippen molar-refractivity contribution in [2.24, 2.45) is 5.73 Å². The number of aromatic nitrogens is 2. The number of amides is 2. The molecule has 0 radical (unpaired) electrons. The summed E-state index contributed by atoms with van der Waals surface area (Å²) in [6.07, 6.45) is 1.18. The summed E-state index contributed by atoms with van der Waals surface area (Å²) in [6, 6.07) is 15.2. The number of primary amides is 1. The van der Waals surface area contributed by atoms with E-state index >= 15 is 0 Å². The topological polar surface area (TPSA) is 102 Å². The van der Waals surface area contributed by atoms with Gasteiger partial charge in [0.15, 0.2) is 5.82 Å². The lowest BCUT2D eigenvalue weighted by molar-refractivity contribution is -0.127. The van der Waals surface area contributed by atoms with Crippen molar-refractivity contribution in [1.82, 2.24) is 15.0 Å². The zero-order valence-electron chi connectivity index (χ0n) is 16.2. The molecule has 1 aromatic heterocycles. The quantitative estimate of drug-likeness (QED) is 0.697. The molecule has 3 aromatic rings. The van der Waals surface area contributed by atoms with Gasteiger partial charge in [0.25, 0.3) is 5.89 Å². The highest BCUT2D eigenvalue weighted by Crippen LogP contribution is 2.29. The number of rotatable bonds is 6. The van der Waals surface area contributed by atoms with Crippen LogP contribution in [0.2, 0.25) is 0 Å². The molecule has 29 heavy (non-hydrogen) atoms. The largest absolute Gasteiger partial charge is 0.366 e. The van der Waals surface area contributed by atoms with Crippen molar-refractivity contribution in [2.45, 2.75) is 25.7 Å². The van der Waals surface area contributed by atoms with Gasteiger partial charge in [0.05, 0.1) is 0 Å². The van der Waals surface area contributed by atoms with Gasteiger partial charge in [-0.3, -0.25) is 9.59 Å². The van der Waals surface area contributed by atoms with Gasteiger partial charge in [0.2, 0.25) is 11.8 Å². The lowest BCUT2D eigenvalue weighted by atomic mass is 10.0. The Morgan fingerprint density at radius 3 is 2.79 bits per heavy atom. The van der Waals surface area contributed by atoms with Gasteiger partial charge in [-0.25, -0.2) is 0 Å². The summed E-state index contributed by atoms with van der Waals surface area (Å²) in [5.41, 5.74) is 8.53. The molecule has 7 nitrogen and oxygen atoms in total. The van der Waals surface area contributed by atoms with Crippen LogP contribution < -0.4 is 5.73 Å². The molecule has 1 unspecified atom stereocenters. The van der Waals surface area contributed by atoms with Gasteiger partial charge in [0.1, 0.15) is 0 Å². The van der Waals surface area contributed by atoms with E-state index in [9.17, 15) is 9.59 Å². The Morgan fingerprint density at radius 1 is 1.24 bits per heavy atom. The van der Waals surface area contributed by atoms with Crippen LogP contribution >= 0.6 is 0 Å². The minimum atomic E-state index is -0.513. The summed E-state index contributed by atoms with van der Waals surface area (Å²) < 4.78 is 5.44. The number of benzene rings is 2. The predicted octanol–water partition coefficient (Wildman–Crippen LogP) is 2.70. The number of aryl methyl sites for hydroxylation is 1. The lowest BCUT2D eigenvalue weighted by Crippen LogP contribution is -2.27. The van der Waals surface area contributed by atoms with Crippen LogP contribution in [0.25, 0.3) is 11.5 Å². The van der Waals surface area contributed by atoms with Crippen LogP contribution in [-0.4, -0.2) is 39.9 Å². The van der Waals surface area contributed by atoms with Gasteiger partial charge in [-0.15, -0.1) is 0 Å². The van der Waals surface area contributed by atoms with Gasteiger partial charge < -0.3 is 15.2 Å². The average Bonchev–Trinajstić information content (AvgIpc) is 3.34. The molecule has 1 atom stereocenters. The van der Waals surface area contributed by atoms with Crippen molar-refractivity contribution >= 4 is 11.8 Å². The van der Waals surface area contributed by atoms with E-state index in [1.165, 1.54) is 5.56 Å². The zero-order chi connectivity index (χ0) is 20.4. The van der Waals surface area contributed by atoms with E-state index in [1.807, 2.05) is 30.0 Å². The first kappa shape index (κ1) is 18.9. The minimum Gasteiger partial charge on any atom is -0.366 e. The molecule has 2 heterocycles. The van der Waals surface area contributed by atoms with E-state index < -0.39 is 5.91 Å². The van der Waals surface area contributed by atoms with E-state index in [4.69, 9.17) is 10.3 Å². The Kier molecular flexibility index (Phi) is 5.12. The Bertz CT molecular complexity index is 1050. The molecule has 2 aromatic carbocycles. The van der Waals surface area contributed by atoms with E-state index in [1.54, 1.807) is 18.2 Å². The fourth-order valence-corrected chi connectivity index (χ4v) is 3.59. The number of nitrogens with two attached hydrogens (primary N) is 1. The standard InChI is InChI=1S/C22H22N4O3/c1-14-7-8-16(20(23)28)11-18(14)22-24-21(25-29-22)17-12-19(27)26(13-17)10-9-15-5-3-2-4-6-15/h2-8,11,17H,9-10,12-13H2,1H3,(H2,23,28). The molecule has 1 aliphatic rings. The number of hydrogen-bond donors (Lipinski definition) is 1. The number of carbonyl (C=O) groups excluding carboxylic acids is 2. The predicted molar refractivity (Wildman–Crippen MR) is 107 cm³/mol. The van der Waals surface area contributed by atoms with Gasteiger partial charge in [-0.05, 0) is 36.6 Å². The molecule has 2 amide bonds. The smallest absolute Gasteiger partial charge is 0.258 e. The summed E-state index contributed by atoms with van der Waals surface area (Å²) in [7, 11) is 0. The second kappa shape index (κ2) is 7.87. The Balaban J connectivity index is 1.47. The number of nitrogens with zero attached hydrogens (tertiary/aromatic N) is 3. The third-order valence-electron chi connectivity index (χ3n) is 5.29. The van der Waals surface area contributed by atoms with E-state index in [2.05, 4.69) is 22.3 Å². The van der Waals surface area contributed by atoms with Crippen LogP contribution in [0.4, 0.5) is 0 Å². The van der Waals surface area contributed by atoms with Crippen molar-refractivity contribution in [3.05, 3.63) is 71.0 Å². The number of hydrogen-bond acceptors (Lipinski definition) is 5. The molecule has 0 spiro atoms.